The van der Waals surface area contributed by atoms with Gasteiger partial charge in [0.1, 0.15) is 0 Å². The zero-order chi connectivity index (χ0) is 7.73. The second-order valence-electron chi connectivity index (χ2n) is 3.45. The molecule has 2 fully saturated rings. The van der Waals surface area contributed by atoms with Crippen LogP contribution in [0.3, 0.4) is 0 Å². The SMILES string of the molecule is BrC[C@]12CCO[C@@H]1CCOC2. The number of hydrogen-bond acceptors (Lipinski definition) is 2. The highest BCUT2D eigenvalue weighted by atomic mass is 79.9. The van der Waals surface area contributed by atoms with Gasteiger partial charge in [0.05, 0.1) is 12.7 Å². The summed E-state index contributed by atoms with van der Waals surface area (Å²) in [6, 6.07) is 0. The highest BCUT2D eigenvalue weighted by Gasteiger charge is 2.45. The molecule has 2 atom stereocenters. The normalized spacial score (nSPS) is 43.9. The second-order valence-corrected chi connectivity index (χ2v) is 4.01. The molecule has 2 heterocycles. The largest absolute Gasteiger partial charge is 0.381 e. The Kier molecular flexibility index (Phi) is 2.21. The van der Waals surface area contributed by atoms with E-state index >= 15 is 0 Å². The minimum absolute atomic E-state index is 0.304. The first-order chi connectivity index (χ1) is 5.37. The first-order valence-corrected chi connectivity index (χ1v) is 5.25. The van der Waals surface area contributed by atoms with E-state index in [1.807, 2.05) is 0 Å². The summed E-state index contributed by atoms with van der Waals surface area (Å²) in [5.41, 5.74) is 0.304. The Hall–Kier alpha value is 0.400. The van der Waals surface area contributed by atoms with Crippen molar-refractivity contribution in [2.45, 2.75) is 18.9 Å². The van der Waals surface area contributed by atoms with Gasteiger partial charge >= 0.3 is 0 Å². The fourth-order valence-electron chi connectivity index (χ4n) is 1.95. The van der Waals surface area contributed by atoms with Crippen LogP contribution in [0.2, 0.25) is 0 Å². The van der Waals surface area contributed by atoms with Gasteiger partial charge in [-0.1, -0.05) is 15.9 Å². The molecule has 2 aliphatic heterocycles. The summed E-state index contributed by atoms with van der Waals surface area (Å²) < 4.78 is 11.1. The Morgan fingerprint density at radius 1 is 1.45 bits per heavy atom. The summed E-state index contributed by atoms with van der Waals surface area (Å²) in [6.45, 7) is 2.67. The van der Waals surface area contributed by atoms with Crippen molar-refractivity contribution in [3.63, 3.8) is 0 Å². The maximum Gasteiger partial charge on any atom is 0.0684 e. The van der Waals surface area contributed by atoms with Gasteiger partial charge in [0.2, 0.25) is 0 Å². The fraction of sp³-hybridized carbons (Fsp3) is 1.00. The molecule has 2 aliphatic rings. The van der Waals surface area contributed by atoms with Crippen LogP contribution in [0.15, 0.2) is 0 Å². The van der Waals surface area contributed by atoms with Crippen LogP contribution in [0.4, 0.5) is 0 Å². The molecule has 3 heteroatoms. The molecule has 0 saturated carbocycles. The van der Waals surface area contributed by atoms with E-state index in [9.17, 15) is 0 Å². The van der Waals surface area contributed by atoms with Gasteiger partial charge in [-0.2, -0.15) is 0 Å². The molecule has 2 rings (SSSR count). The Morgan fingerprint density at radius 2 is 2.36 bits per heavy atom. The van der Waals surface area contributed by atoms with Crippen molar-refractivity contribution in [2.75, 3.05) is 25.2 Å². The summed E-state index contributed by atoms with van der Waals surface area (Å²) in [5.74, 6) is 0. The van der Waals surface area contributed by atoms with Crippen molar-refractivity contribution in [1.29, 1.82) is 0 Å². The second kappa shape index (κ2) is 3.04. The van der Waals surface area contributed by atoms with Gasteiger partial charge in [0.25, 0.3) is 0 Å². The number of rotatable bonds is 1. The molecule has 0 aromatic carbocycles. The number of fused-ring (bicyclic) bond motifs is 1. The average Bonchev–Trinajstić information content (AvgIpc) is 2.48. The minimum atomic E-state index is 0.304. The summed E-state index contributed by atoms with van der Waals surface area (Å²) in [6.07, 6.45) is 2.68. The third-order valence-electron chi connectivity index (χ3n) is 2.78. The van der Waals surface area contributed by atoms with E-state index in [4.69, 9.17) is 9.47 Å². The number of halogens is 1. The van der Waals surface area contributed by atoms with Crippen molar-refractivity contribution in [1.82, 2.24) is 0 Å². The van der Waals surface area contributed by atoms with Crippen LogP contribution in [0.1, 0.15) is 12.8 Å². The molecule has 0 radical (unpaired) electrons. The van der Waals surface area contributed by atoms with Crippen LogP contribution in [-0.2, 0) is 9.47 Å². The smallest absolute Gasteiger partial charge is 0.0684 e. The van der Waals surface area contributed by atoms with Crippen LogP contribution in [-0.4, -0.2) is 31.3 Å². The zero-order valence-corrected chi connectivity index (χ0v) is 8.10. The Bertz CT molecular complexity index is 151. The van der Waals surface area contributed by atoms with Crippen LogP contribution < -0.4 is 0 Å². The molecule has 0 aliphatic carbocycles. The van der Waals surface area contributed by atoms with Crippen molar-refractivity contribution >= 4 is 15.9 Å². The van der Waals surface area contributed by atoms with Gasteiger partial charge in [-0.05, 0) is 12.8 Å². The van der Waals surface area contributed by atoms with E-state index < -0.39 is 0 Å². The highest BCUT2D eigenvalue weighted by molar-refractivity contribution is 9.09. The van der Waals surface area contributed by atoms with Gasteiger partial charge in [0.15, 0.2) is 0 Å². The van der Waals surface area contributed by atoms with Crippen LogP contribution in [0.5, 0.6) is 0 Å². The lowest BCUT2D eigenvalue weighted by Gasteiger charge is -2.36. The topological polar surface area (TPSA) is 18.5 Å². The van der Waals surface area contributed by atoms with Crippen molar-refractivity contribution < 1.29 is 9.47 Å². The van der Waals surface area contributed by atoms with Gasteiger partial charge < -0.3 is 9.47 Å². The molecule has 2 nitrogen and oxygen atoms in total. The quantitative estimate of drug-likeness (QED) is 0.626. The van der Waals surface area contributed by atoms with E-state index in [1.54, 1.807) is 0 Å². The van der Waals surface area contributed by atoms with Crippen molar-refractivity contribution in [3.8, 4) is 0 Å². The molecule has 0 bridgehead atoms. The van der Waals surface area contributed by atoms with Gasteiger partial charge in [-0.15, -0.1) is 0 Å². The van der Waals surface area contributed by atoms with Gasteiger partial charge in [-0.25, -0.2) is 0 Å². The predicted octanol–water partition coefficient (Wildman–Crippen LogP) is 1.58. The average molecular weight is 221 g/mol. The number of alkyl halides is 1. The van der Waals surface area contributed by atoms with Crippen LogP contribution in [0.25, 0.3) is 0 Å². The van der Waals surface area contributed by atoms with Gasteiger partial charge in [-0.3, -0.25) is 0 Å². The fourth-order valence-corrected chi connectivity index (χ4v) is 2.76. The molecule has 0 N–H and O–H groups in total. The number of ether oxygens (including phenoxy) is 2. The number of hydrogen-bond donors (Lipinski definition) is 0. The van der Waals surface area contributed by atoms with E-state index in [-0.39, 0.29) is 0 Å². The monoisotopic (exact) mass is 220 g/mol. The van der Waals surface area contributed by atoms with Crippen molar-refractivity contribution in [3.05, 3.63) is 0 Å². The minimum Gasteiger partial charge on any atom is -0.381 e. The molecule has 2 saturated heterocycles. The van der Waals surface area contributed by atoms with Crippen LogP contribution >= 0.6 is 15.9 Å². The Labute approximate surface area is 75.4 Å². The van der Waals surface area contributed by atoms with E-state index in [0.717, 1.165) is 38.0 Å². The zero-order valence-electron chi connectivity index (χ0n) is 6.51. The molecule has 0 spiro atoms. The van der Waals surface area contributed by atoms with Crippen molar-refractivity contribution in [2.24, 2.45) is 5.41 Å². The summed E-state index contributed by atoms with van der Waals surface area (Å²) in [7, 11) is 0. The standard InChI is InChI=1S/C8H13BrO2/c9-5-8-2-4-11-7(8)1-3-10-6-8/h7H,1-6H2/t7-,8+/m1/s1. The first kappa shape index (κ1) is 8.02. The van der Waals surface area contributed by atoms with E-state index in [1.165, 1.54) is 0 Å². The van der Waals surface area contributed by atoms with E-state index in [2.05, 4.69) is 15.9 Å². The molecule has 64 valence electrons. The molecule has 0 aromatic heterocycles. The predicted molar refractivity (Wildman–Crippen MR) is 46.0 cm³/mol. The molecule has 11 heavy (non-hydrogen) atoms. The lowest BCUT2D eigenvalue weighted by Crippen LogP contribution is -2.42. The summed E-state index contributed by atoms with van der Waals surface area (Å²) in [5, 5.41) is 1.02. The lowest BCUT2D eigenvalue weighted by atomic mass is 9.81. The lowest BCUT2D eigenvalue weighted by molar-refractivity contribution is -0.0613. The summed E-state index contributed by atoms with van der Waals surface area (Å²) >= 11 is 3.55. The first-order valence-electron chi connectivity index (χ1n) is 4.13. The van der Waals surface area contributed by atoms with E-state index in [0.29, 0.717) is 11.5 Å². The van der Waals surface area contributed by atoms with Gasteiger partial charge in [0, 0.05) is 24.0 Å². The Morgan fingerprint density at radius 3 is 3.09 bits per heavy atom. The molecular formula is C8H13BrO2. The maximum atomic E-state index is 5.64. The molecule has 0 amide bonds. The molecular weight excluding hydrogens is 208 g/mol. The Balaban J connectivity index is 2.12. The molecule has 0 aromatic rings. The van der Waals surface area contributed by atoms with Crippen LogP contribution in [0, 0.1) is 5.41 Å². The third-order valence-corrected chi connectivity index (χ3v) is 3.90. The maximum absolute atomic E-state index is 5.64. The third kappa shape index (κ3) is 1.23. The molecule has 0 unspecified atom stereocenters. The summed E-state index contributed by atoms with van der Waals surface area (Å²) in [4.78, 5) is 0. The highest BCUT2D eigenvalue weighted by Crippen LogP contribution is 2.41.